The molecular weight excluding hydrogens is 250 g/mol. The van der Waals surface area contributed by atoms with Crippen LogP contribution in [0.5, 0.6) is 0 Å². The third-order valence-electron chi connectivity index (χ3n) is 5.09. The maximum atomic E-state index is 11.9. The van der Waals surface area contributed by atoms with E-state index >= 15 is 0 Å². The average Bonchev–Trinajstić information content (AvgIpc) is 2.65. The van der Waals surface area contributed by atoms with E-state index in [1.165, 1.54) is 18.4 Å². The zero-order valence-electron chi connectivity index (χ0n) is 11.9. The van der Waals surface area contributed by atoms with Gasteiger partial charge in [0.05, 0.1) is 0 Å². The molecule has 0 unspecified atom stereocenters. The summed E-state index contributed by atoms with van der Waals surface area (Å²) in [7, 11) is 0. The van der Waals surface area contributed by atoms with Gasteiger partial charge in [-0.2, -0.15) is 0 Å². The summed E-state index contributed by atoms with van der Waals surface area (Å²) in [5.41, 5.74) is 0.764. The Hall–Kier alpha value is -1.35. The van der Waals surface area contributed by atoms with Gasteiger partial charge in [0.1, 0.15) is 5.54 Å². The molecule has 1 N–H and O–H groups in total. The van der Waals surface area contributed by atoms with Gasteiger partial charge in [-0.3, -0.25) is 9.69 Å². The zero-order valence-corrected chi connectivity index (χ0v) is 11.9. The maximum Gasteiger partial charge on any atom is 0.324 e. The first-order valence-corrected chi connectivity index (χ1v) is 7.76. The normalized spacial score (nSPS) is 23.8. The molecule has 1 aliphatic carbocycles. The van der Waals surface area contributed by atoms with E-state index in [4.69, 9.17) is 0 Å². The lowest BCUT2D eigenvalue weighted by Crippen LogP contribution is -2.62. The largest absolute Gasteiger partial charge is 0.480 e. The van der Waals surface area contributed by atoms with Gasteiger partial charge in [-0.15, -0.1) is 0 Å². The fraction of sp³-hybridized carbons (Fsp3) is 0.588. The lowest BCUT2D eigenvalue weighted by atomic mass is 9.80. The van der Waals surface area contributed by atoms with Crippen LogP contribution in [0.25, 0.3) is 0 Å². The summed E-state index contributed by atoms with van der Waals surface area (Å²) in [5.74, 6) is -0.0958. The molecule has 3 heteroatoms. The molecule has 1 saturated carbocycles. The summed E-state index contributed by atoms with van der Waals surface area (Å²) in [6.07, 6.45) is 6.13. The summed E-state index contributed by atoms with van der Waals surface area (Å²) >= 11 is 0. The maximum absolute atomic E-state index is 11.9. The predicted octanol–water partition coefficient (Wildman–Crippen LogP) is 3.26. The number of benzene rings is 1. The van der Waals surface area contributed by atoms with Gasteiger partial charge in [0.2, 0.25) is 0 Å². The second-order valence-corrected chi connectivity index (χ2v) is 6.26. The molecular formula is C17H23NO2. The molecule has 0 spiro atoms. The highest BCUT2D eigenvalue weighted by molar-refractivity contribution is 5.79. The minimum Gasteiger partial charge on any atom is -0.480 e. The number of hydrogen-bond donors (Lipinski definition) is 1. The lowest BCUT2D eigenvalue weighted by Gasteiger charge is -2.50. The summed E-state index contributed by atoms with van der Waals surface area (Å²) in [6, 6.07) is 10.5. The predicted molar refractivity (Wildman–Crippen MR) is 78.8 cm³/mol. The molecule has 2 fully saturated rings. The van der Waals surface area contributed by atoms with Crippen molar-refractivity contribution >= 4 is 5.97 Å². The molecule has 3 rings (SSSR count). The van der Waals surface area contributed by atoms with Gasteiger partial charge in [-0.25, -0.2) is 0 Å². The van der Waals surface area contributed by atoms with Crippen molar-refractivity contribution in [2.75, 3.05) is 13.1 Å². The minimum absolute atomic E-state index is 0.510. The first-order valence-electron chi connectivity index (χ1n) is 7.76. The quantitative estimate of drug-likeness (QED) is 0.859. The monoisotopic (exact) mass is 273 g/mol. The number of nitrogens with zero attached hydrogens (tertiary/aromatic N) is 1. The topological polar surface area (TPSA) is 40.5 Å². The van der Waals surface area contributed by atoms with Crippen molar-refractivity contribution in [1.29, 1.82) is 0 Å². The highest BCUT2D eigenvalue weighted by Gasteiger charge is 2.49. The summed E-state index contributed by atoms with van der Waals surface area (Å²) in [6.45, 7) is 1.80. The van der Waals surface area contributed by atoms with E-state index in [1.54, 1.807) is 0 Å². The van der Waals surface area contributed by atoms with Crippen LogP contribution >= 0.6 is 0 Å². The van der Waals surface area contributed by atoms with Crippen LogP contribution in [-0.4, -0.2) is 34.6 Å². The van der Waals surface area contributed by atoms with Crippen LogP contribution in [-0.2, 0) is 4.79 Å². The van der Waals surface area contributed by atoms with Crippen LogP contribution in [0.2, 0.25) is 0 Å². The van der Waals surface area contributed by atoms with Crippen molar-refractivity contribution in [3.63, 3.8) is 0 Å². The molecule has 108 valence electrons. The van der Waals surface area contributed by atoms with Crippen LogP contribution in [0.1, 0.15) is 50.0 Å². The van der Waals surface area contributed by atoms with Crippen molar-refractivity contribution in [2.45, 2.75) is 50.0 Å². The van der Waals surface area contributed by atoms with E-state index in [-0.39, 0.29) is 0 Å². The molecule has 0 radical (unpaired) electrons. The fourth-order valence-corrected chi connectivity index (χ4v) is 3.74. The standard InChI is InChI=1S/C17H23NO2/c19-16(20)17(10-6-1-2-7-11-17)18-12-15(13-18)14-8-4-3-5-9-14/h3-5,8-9,15H,1-2,6-7,10-13H2,(H,19,20). The zero-order chi connectivity index (χ0) is 14.0. The Morgan fingerprint density at radius 1 is 1.05 bits per heavy atom. The molecule has 0 aromatic heterocycles. The molecule has 2 aliphatic rings. The Morgan fingerprint density at radius 3 is 2.20 bits per heavy atom. The summed E-state index contributed by atoms with van der Waals surface area (Å²) in [4.78, 5) is 14.1. The minimum atomic E-state index is -0.606. The number of carboxylic acids is 1. The van der Waals surface area contributed by atoms with Crippen LogP contribution in [0.4, 0.5) is 0 Å². The molecule has 20 heavy (non-hydrogen) atoms. The van der Waals surface area contributed by atoms with Gasteiger partial charge >= 0.3 is 5.97 Å². The van der Waals surface area contributed by atoms with Crippen molar-refractivity contribution in [2.24, 2.45) is 0 Å². The van der Waals surface area contributed by atoms with Gasteiger partial charge in [0.25, 0.3) is 0 Å². The van der Waals surface area contributed by atoms with Gasteiger partial charge in [-0.05, 0) is 18.4 Å². The number of hydrogen-bond acceptors (Lipinski definition) is 2. The SMILES string of the molecule is O=C(O)C1(N2CC(c3ccccc3)C2)CCCCCC1. The Morgan fingerprint density at radius 2 is 1.65 bits per heavy atom. The van der Waals surface area contributed by atoms with Crippen molar-refractivity contribution in [3.8, 4) is 0 Å². The molecule has 1 saturated heterocycles. The Kier molecular flexibility index (Phi) is 3.79. The van der Waals surface area contributed by atoms with E-state index in [0.29, 0.717) is 5.92 Å². The highest BCUT2D eigenvalue weighted by Crippen LogP contribution is 2.40. The average molecular weight is 273 g/mol. The Balaban J connectivity index is 1.71. The van der Waals surface area contributed by atoms with Crippen molar-refractivity contribution < 1.29 is 9.90 Å². The second kappa shape index (κ2) is 5.57. The molecule has 0 atom stereocenters. The highest BCUT2D eigenvalue weighted by atomic mass is 16.4. The first-order chi connectivity index (χ1) is 9.72. The first kappa shape index (κ1) is 13.6. The van der Waals surface area contributed by atoms with Gasteiger partial charge in [-0.1, -0.05) is 56.0 Å². The summed E-state index contributed by atoms with van der Waals surface area (Å²) in [5, 5.41) is 9.76. The molecule has 0 bridgehead atoms. The molecule has 3 nitrogen and oxygen atoms in total. The molecule has 1 aromatic carbocycles. The van der Waals surface area contributed by atoms with Crippen LogP contribution in [0.15, 0.2) is 30.3 Å². The van der Waals surface area contributed by atoms with E-state index < -0.39 is 11.5 Å². The van der Waals surface area contributed by atoms with Crippen LogP contribution in [0, 0.1) is 0 Å². The fourth-order valence-electron chi connectivity index (χ4n) is 3.74. The number of aliphatic carboxylic acids is 1. The second-order valence-electron chi connectivity index (χ2n) is 6.26. The van der Waals surface area contributed by atoms with Crippen LogP contribution in [0.3, 0.4) is 0 Å². The number of carboxylic acid groups (broad SMARTS) is 1. The van der Waals surface area contributed by atoms with Gasteiger partial charge < -0.3 is 5.11 Å². The number of likely N-dealkylation sites (tertiary alicyclic amines) is 1. The lowest BCUT2D eigenvalue weighted by molar-refractivity contribution is -0.157. The van der Waals surface area contributed by atoms with Crippen molar-refractivity contribution in [3.05, 3.63) is 35.9 Å². The third kappa shape index (κ3) is 2.35. The third-order valence-corrected chi connectivity index (χ3v) is 5.09. The Bertz CT molecular complexity index is 457. The van der Waals surface area contributed by atoms with Crippen molar-refractivity contribution in [1.82, 2.24) is 4.90 Å². The number of rotatable bonds is 3. The molecule has 1 heterocycles. The van der Waals surface area contributed by atoms with Crippen LogP contribution < -0.4 is 0 Å². The van der Waals surface area contributed by atoms with E-state index in [0.717, 1.165) is 38.8 Å². The Labute approximate surface area is 120 Å². The smallest absolute Gasteiger partial charge is 0.324 e. The number of carbonyl (C=O) groups is 1. The van der Waals surface area contributed by atoms with E-state index in [9.17, 15) is 9.90 Å². The van der Waals surface area contributed by atoms with E-state index in [2.05, 4.69) is 29.2 Å². The summed E-state index contributed by atoms with van der Waals surface area (Å²) < 4.78 is 0. The molecule has 1 aliphatic heterocycles. The van der Waals surface area contributed by atoms with E-state index in [1.807, 2.05) is 6.07 Å². The van der Waals surface area contributed by atoms with Gasteiger partial charge in [0, 0.05) is 19.0 Å². The molecule has 0 amide bonds. The molecule has 1 aromatic rings. The van der Waals surface area contributed by atoms with Gasteiger partial charge in [0.15, 0.2) is 0 Å².